The summed E-state index contributed by atoms with van der Waals surface area (Å²) in [6, 6.07) is 6.30. The van der Waals surface area contributed by atoms with Gasteiger partial charge in [-0.1, -0.05) is 30.4 Å². The van der Waals surface area contributed by atoms with Crippen LogP contribution in [0.1, 0.15) is 11.4 Å². The van der Waals surface area contributed by atoms with Crippen LogP contribution in [0.2, 0.25) is 0 Å². The smallest absolute Gasteiger partial charge is 0.248 e. The van der Waals surface area contributed by atoms with Gasteiger partial charge in [-0.3, -0.25) is 4.79 Å². The number of hydrogen-bond donors (Lipinski definition) is 2. The first-order valence-corrected chi connectivity index (χ1v) is 9.38. The molecule has 2 aromatic rings. The van der Waals surface area contributed by atoms with E-state index in [-0.39, 0.29) is 11.7 Å². The molecule has 2 heterocycles. The first-order valence-electron chi connectivity index (χ1n) is 9.38. The number of primary amides is 1. The molecule has 8 nitrogen and oxygen atoms in total. The van der Waals surface area contributed by atoms with Gasteiger partial charge < -0.3 is 20.7 Å². The molecule has 30 heavy (non-hydrogen) atoms. The van der Waals surface area contributed by atoms with Crippen LogP contribution >= 0.6 is 0 Å². The molecule has 154 valence electrons. The molecule has 4 rings (SSSR count). The quantitative estimate of drug-likeness (QED) is 0.753. The summed E-state index contributed by atoms with van der Waals surface area (Å²) in [4.78, 5) is 26.9. The van der Waals surface area contributed by atoms with Gasteiger partial charge in [0.05, 0.1) is 17.8 Å². The van der Waals surface area contributed by atoms with Crippen molar-refractivity contribution in [3.05, 3.63) is 71.5 Å². The molecule has 1 amide bonds. The molecule has 1 aliphatic carbocycles. The number of hydrogen-bond acceptors (Lipinski definition) is 7. The predicted molar refractivity (Wildman–Crippen MR) is 111 cm³/mol. The van der Waals surface area contributed by atoms with Gasteiger partial charge in [0.1, 0.15) is 11.9 Å². The molecule has 1 aliphatic heterocycles. The first-order chi connectivity index (χ1) is 14.4. The molecular weight excluding hydrogens is 387 g/mol. The number of carbonyl (C=O) groups is 1. The molecule has 0 bridgehead atoms. The van der Waals surface area contributed by atoms with Crippen LogP contribution in [-0.4, -0.2) is 41.1 Å². The van der Waals surface area contributed by atoms with E-state index in [0.717, 1.165) is 11.1 Å². The number of nitrogens with two attached hydrogens (primary N) is 1. The van der Waals surface area contributed by atoms with Gasteiger partial charge in [0.25, 0.3) is 0 Å². The van der Waals surface area contributed by atoms with E-state index >= 15 is 0 Å². The standard InChI is InChI=1S/C21H21FN6O2/c1-28(2)21-26-19(16-11-30-17-14(16)7-4-8-15(17)18(23)29)25-20(27-21)24-10-12-5-3-6-13(22)9-12/h3-9,11,14,17H,10H2,1-2H3,(H2,23,29)(H,24,25,26,27). The summed E-state index contributed by atoms with van der Waals surface area (Å²) in [6.07, 6.45) is 6.43. The fourth-order valence-corrected chi connectivity index (χ4v) is 3.34. The molecule has 0 saturated heterocycles. The zero-order valence-corrected chi connectivity index (χ0v) is 16.5. The van der Waals surface area contributed by atoms with Crippen LogP contribution in [0.15, 0.2) is 54.3 Å². The molecule has 3 N–H and O–H groups in total. The zero-order chi connectivity index (χ0) is 21.3. The van der Waals surface area contributed by atoms with Crippen LogP contribution in [0.5, 0.6) is 0 Å². The van der Waals surface area contributed by atoms with Crippen molar-refractivity contribution >= 4 is 23.4 Å². The summed E-state index contributed by atoms with van der Waals surface area (Å²) < 4.78 is 19.2. The average Bonchev–Trinajstić information content (AvgIpc) is 3.16. The third kappa shape index (κ3) is 3.86. The van der Waals surface area contributed by atoms with Crippen LogP contribution in [-0.2, 0) is 16.1 Å². The van der Waals surface area contributed by atoms with Crippen molar-refractivity contribution in [3.63, 3.8) is 0 Å². The van der Waals surface area contributed by atoms with E-state index in [1.165, 1.54) is 12.1 Å². The van der Waals surface area contributed by atoms with Gasteiger partial charge >= 0.3 is 0 Å². The van der Waals surface area contributed by atoms with Crippen molar-refractivity contribution in [3.8, 4) is 0 Å². The van der Waals surface area contributed by atoms with Crippen LogP contribution in [0.3, 0.4) is 0 Å². The number of nitrogens with one attached hydrogen (secondary N) is 1. The minimum absolute atomic E-state index is 0.231. The van der Waals surface area contributed by atoms with E-state index in [2.05, 4.69) is 20.3 Å². The predicted octanol–water partition coefficient (Wildman–Crippen LogP) is 2.03. The van der Waals surface area contributed by atoms with Gasteiger partial charge in [0.15, 0.2) is 5.82 Å². The lowest BCUT2D eigenvalue weighted by Gasteiger charge is -2.22. The number of anilines is 2. The van der Waals surface area contributed by atoms with Gasteiger partial charge in [-0.05, 0) is 17.7 Å². The normalized spacial score (nSPS) is 19.4. The van der Waals surface area contributed by atoms with Crippen LogP contribution < -0.4 is 16.0 Å². The fraction of sp³-hybridized carbons (Fsp3) is 0.238. The molecule has 2 aliphatic rings. The number of aromatic nitrogens is 3. The molecule has 1 aromatic heterocycles. The third-order valence-corrected chi connectivity index (χ3v) is 4.83. The zero-order valence-electron chi connectivity index (χ0n) is 16.5. The molecular formula is C21H21FN6O2. The van der Waals surface area contributed by atoms with E-state index in [1.807, 2.05) is 26.2 Å². The lowest BCUT2D eigenvalue weighted by Crippen LogP contribution is -2.30. The Labute approximate surface area is 173 Å². The van der Waals surface area contributed by atoms with Crippen LogP contribution in [0, 0.1) is 11.7 Å². The van der Waals surface area contributed by atoms with E-state index in [4.69, 9.17) is 10.5 Å². The minimum Gasteiger partial charge on any atom is -0.492 e. The van der Waals surface area contributed by atoms with Crippen molar-refractivity contribution in [1.29, 1.82) is 0 Å². The Hall–Kier alpha value is -3.75. The molecule has 0 spiro atoms. The van der Waals surface area contributed by atoms with Crippen molar-refractivity contribution in [2.24, 2.45) is 11.7 Å². The highest BCUT2D eigenvalue weighted by Crippen LogP contribution is 2.38. The Kier molecular flexibility index (Phi) is 5.18. The van der Waals surface area contributed by atoms with Gasteiger partial charge in [-0.15, -0.1) is 0 Å². The summed E-state index contributed by atoms with van der Waals surface area (Å²) in [7, 11) is 3.65. The van der Waals surface area contributed by atoms with Crippen molar-refractivity contribution in [1.82, 2.24) is 15.0 Å². The average molecular weight is 408 g/mol. The van der Waals surface area contributed by atoms with E-state index in [1.54, 1.807) is 29.4 Å². The van der Waals surface area contributed by atoms with Gasteiger partial charge in [-0.25, -0.2) is 4.39 Å². The molecule has 2 unspecified atom stereocenters. The molecule has 0 saturated carbocycles. The highest BCUT2D eigenvalue weighted by molar-refractivity contribution is 5.94. The van der Waals surface area contributed by atoms with Crippen molar-refractivity contribution < 1.29 is 13.9 Å². The minimum atomic E-state index is -0.522. The largest absolute Gasteiger partial charge is 0.492 e. The second kappa shape index (κ2) is 7.94. The highest BCUT2D eigenvalue weighted by Gasteiger charge is 2.38. The number of amides is 1. The summed E-state index contributed by atoms with van der Waals surface area (Å²) in [6.45, 7) is 0.351. The molecule has 0 fully saturated rings. The van der Waals surface area contributed by atoms with Gasteiger partial charge in [-0.2, -0.15) is 15.0 Å². The Balaban J connectivity index is 1.61. The number of ether oxygens (including phenoxy) is 1. The topological polar surface area (TPSA) is 106 Å². The lowest BCUT2D eigenvalue weighted by molar-refractivity contribution is -0.115. The Morgan fingerprint density at radius 1 is 1.30 bits per heavy atom. The van der Waals surface area contributed by atoms with Gasteiger partial charge in [0.2, 0.25) is 17.8 Å². The maximum atomic E-state index is 13.4. The van der Waals surface area contributed by atoms with E-state index in [0.29, 0.717) is 29.8 Å². The number of fused-ring (bicyclic) bond motifs is 1. The molecule has 2 atom stereocenters. The SMILES string of the molecule is CN(C)c1nc(NCc2cccc(F)c2)nc(C2=COC3C(C(N)=O)=CC=CC23)n1. The molecule has 0 radical (unpaired) electrons. The monoisotopic (exact) mass is 408 g/mol. The number of rotatable bonds is 6. The summed E-state index contributed by atoms with van der Waals surface area (Å²) >= 11 is 0. The summed E-state index contributed by atoms with van der Waals surface area (Å²) in [5.41, 5.74) is 7.36. The van der Waals surface area contributed by atoms with Gasteiger partial charge in [0, 0.05) is 26.2 Å². The van der Waals surface area contributed by atoms with Crippen LogP contribution in [0.25, 0.3) is 5.57 Å². The number of benzene rings is 1. The second-order valence-electron chi connectivity index (χ2n) is 7.19. The molecule has 9 heteroatoms. The number of nitrogens with zero attached hydrogens (tertiary/aromatic N) is 4. The summed E-state index contributed by atoms with van der Waals surface area (Å²) in [5, 5.41) is 3.12. The first kappa shape index (κ1) is 19.6. The maximum Gasteiger partial charge on any atom is 0.248 e. The van der Waals surface area contributed by atoms with E-state index in [9.17, 15) is 9.18 Å². The van der Waals surface area contributed by atoms with Crippen LogP contribution in [0.4, 0.5) is 16.3 Å². The van der Waals surface area contributed by atoms with Crippen molar-refractivity contribution in [2.75, 3.05) is 24.3 Å². The lowest BCUT2D eigenvalue weighted by atomic mass is 9.86. The maximum absolute atomic E-state index is 13.4. The van der Waals surface area contributed by atoms with E-state index < -0.39 is 12.0 Å². The number of allylic oxidation sites excluding steroid dienone is 2. The number of carbonyl (C=O) groups excluding carboxylic acids is 1. The highest BCUT2D eigenvalue weighted by atomic mass is 19.1. The third-order valence-electron chi connectivity index (χ3n) is 4.83. The number of halogens is 1. The van der Waals surface area contributed by atoms with Crippen molar-refractivity contribution in [2.45, 2.75) is 12.6 Å². The Bertz CT molecular complexity index is 1080. The fourth-order valence-electron chi connectivity index (χ4n) is 3.34. The Morgan fingerprint density at radius 2 is 2.13 bits per heavy atom. The molecule has 1 aromatic carbocycles. The Morgan fingerprint density at radius 3 is 2.87 bits per heavy atom. The second-order valence-corrected chi connectivity index (χ2v) is 7.19. The summed E-state index contributed by atoms with van der Waals surface area (Å²) in [5.74, 6) is 0.177.